The molecule has 33 heavy (non-hydrogen) atoms. The molecule has 11 heteroatoms. The zero-order valence-electron chi connectivity index (χ0n) is 18.0. The quantitative estimate of drug-likeness (QED) is 0.672. The normalized spacial score (nSPS) is 21.4. The van der Waals surface area contributed by atoms with Crippen LogP contribution < -0.4 is 5.32 Å². The van der Waals surface area contributed by atoms with Crippen molar-refractivity contribution in [1.29, 1.82) is 0 Å². The predicted octanol–water partition coefficient (Wildman–Crippen LogP) is 0.530. The van der Waals surface area contributed by atoms with Crippen LogP contribution in [0.5, 0.6) is 0 Å². The fourth-order valence-electron chi connectivity index (χ4n) is 4.54. The summed E-state index contributed by atoms with van der Waals surface area (Å²) in [6, 6.07) is 3.19. The van der Waals surface area contributed by atoms with Gasteiger partial charge in [0, 0.05) is 25.1 Å². The van der Waals surface area contributed by atoms with Crippen LogP contribution in [0, 0.1) is 0 Å². The highest BCUT2D eigenvalue weighted by Gasteiger charge is 2.44. The Hall–Kier alpha value is -3.89. The Morgan fingerprint density at radius 2 is 1.82 bits per heavy atom. The minimum absolute atomic E-state index is 0.0152. The summed E-state index contributed by atoms with van der Waals surface area (Å²) in [6.45, 7) is 3.26. The number of likely N-dealkylation sites (tertiary alicyclic amines) is 1. The summed E-state index contributed by atoms with van der Waals surface area (Å²) in [5, 5.41) is 10.4. The van der Waals surface area contributed by atoms with Crippen molar-refractivity contribution < 1.29 is 24.0 Å². The molecule has 4 heterocycles. The average molecular weight is 450 g/mol. The molecule has 1 aromatic carbocycles. The van der Waals surface area contributed by atoms with Gasteiger partial charge in [0.2, 0.25) is 17.7 Å². The molecule has 0 radical (unpaired) electrons. The summed E-state index contributed by atoms with van der Waals surface area (Å²) in [5.74, 6) is -2.24. The van der Waals surface area contributed by atoms with Gasteiger partial charge in [-0.3, -0.25) is 34.2 Å². The lowest BCUT2D eigenvalue weighted by Crippen LogP contribution is -2.54. The highest BCUT2D eigenvalue weighted by atomic mass is 16.2. The number of carbonyl (C=O) groups excluding carboxylic acids is 5. The van der Waals surface area contributed by atoms with E-state index in [9.17, 15) is 24.0 Å². The lowest BCUT2D eigenvalue weighted by atomic mass is 10.0. The molecule has 3 aliphatic rings. The van der Waals surface area contributed by atoms with E-state index in [0.717, 1.165) is 30.8 Å². The van der Waals surface area contributed by atoms with Crippen molar-refractivity contribution in [1.82, 2.24) is 30.1 Å². The highest BCUT2D eigenvalue weighted by Crippen LogP contribution is 2.31. The molecular weight excluding hydrogens is 428 g/mol. The SMILES string of the molecule is CC(C(=O)N1CCCC1)n1cc(-c2ccc3c(c2)C(=O)N(C2CCC(=O)NC2=O)C3=O)nn1. The maximum atomic E-state index is 13.0. The summed E-state index contributed by atoms with van der Waals surface area (Å²) in [7, 11) is 0. The number of nitrogens with zero attached hydrogens (tertiary/aromatic N) is 5. The fourth-order valence-corrected chi connectivity index (χ4v) is 4.54. The molecule has 1 N–H and O–H groups in total. The predicted molar refractivity (Wildman–Crippen MR) is 113 cm³/mol. The van der Waals surface area contributed by atoms with E-state index >= 15 is 0 Å². The van der Waals surface area contributed by atoms with Crippen molar-refractivity contribution in [2.24, 2.45) is 0 Å². The van der Waals surface area contributed by atoms with Crippen molar-refractivity contribution in [3.63, 3.8) is 0 Å². The summed E-state index contributed by atoms with van der Waals surface area (Å²) >= 11 is 0. The number of aromatic nitrogens is 3. The molecule has 5 rings (SSSR count). The number of hydrogen-bond acceptors (Lipinski definition) is 7. The van der Waals surface area contributed by atoms with Gasteiger partial charge in [0.05, 0.1) is 17.3 Å². The Morgan fingerprint density at radius 1 is 1.09 bits per heavy atom. The molecule has 1 aromatic heterocycles. The minimum atomic E-state index is -1.02. The zero-order valence-corrected chi connectivity index (χ0v) is 18.0. The molecule has 2 fully saturated rings. The van der Waals surface area contributed by atoms with Gasteiger partial charge in [0.25, 0.3) is 11.8 Å². The average Bonchev–Trinajstić information content (AvgIpc) is 3.55. The molecule has 5 amide bonds. The van der Waals surface area contributed by atoms with Gasteiger partial charge in [-0.1, -0.05) is 11.3 Å². The van der Waals surface area contributed by atoms with Gasteiger partial charge in [-0.15, -0.1) is 5.10 Å². The number of carbonyl (C=O) groups is 5. The lowest BCUT2D eigenvalue weighted by molar-refractivity contribution is -0.136. The Labute approximate surface area is 188 Å². The maximum Gasteiger partial charge on any atom is 0.262 e. The summed E-state index contributed by atoms with van der Waals surface area (Å²) in [5.41, 5.74) is 1.38. The first kappa shape index (κ1) is 21.0. The van der Waals surface area contributed by atoms with Crippen LogP contribution in [0.1, 0.15) is 59.4 Å². The van der Waals surface area contributed by atoms with E-state index in [-0.39, 0.29) is 29.9 Å². The molecule has 0 saturated carbocycles. The summed E-state index contributed by atoms with van der Waals surface area (Å²) < 4.78 is 1.49. The minimum Gasteiger partial charge on any atom is -0.341 e. The third-order valence-electron chi connectivity index (χ3n) is 6.42. The molecule has 2 unspecified atom stereocenters. The highest BCUT2D eigenvalue weighted by molar-refractivity contribution is 6.23. The molecule has 0 bridgehead atoms. The van der Waals surface area contributed by atoms with Gasteiger partial charge in [0.15, 0.2) is 0 Å². The Bertz CT molecular complexity index is 1200. The smallest absolute Gasteiger partial charge is 0.262 e. The van der Waals surface area contributed by atoms with Crippen LogP contribution in [-0.2, 0) is 14.4 Å². The first-order valence-electron chi connectivity index (χ1n) is 10.9. The number of imide groups is 2. The maximum absolute atomic E-state index is 13.0. The molecule has 3 aliphatic heterocycles. The van der Waals surface area contributed by atoms with Gasteiger partial charge >= 0.3 is 0 Å². The van der Waals surface area contributed by atoms with Gasteiger partial charge in [-0.2, -0.15) is 0 Å². The van der Waals surface area contributed by atoms with E-state index in [1.54, 1.807) is 25.3 Å². The molecular formula is C22H22N6O5. The van der Waals surface area contributed by atoms with Crippen LogP contribution in [0.4, 0.5) is 0 Å². The number of nitrogens with one attached hydrogen (secondary N) is 1. The van der Waals surface area contributed by atoms with Crippen LogP contribution in [0.3, 0.4) is 0 Å². The molecule has 2 aromatic rings. The number of piperidine rings is 1. The number of fused-ring (bicyclic) bond motifs is 1. The second kappa shape index (κ2) is 7.91. The van der Waals surface area contributed by atoms with Crippen LogP contribution >= 0.6 is 0 Å². The monoisotopic (exact) mass is 450 g/mol. The van der Waals surface area contributed by atoms with Crippen molar-refractivity contribution in [2.45, 2.75) is 44.7 Å². The van der Waals surface area contributed by atoms with E-state index in [1.165, 1.54) is 10.7 Å². The van der Waals surface area contributed by atoms with Crippen LogP contribution in [0.15, 0.2) is 24.4 Å². The number of rotatable bonds is 4. The molecule has 11 nitrogen and oxygen atoms in total. The van der Waals surface area contributed by atoms with Crippen LogP contribution in [0.2, 0.25) is 0 Å². The van der Waals surface area contributed by atoms with Gasteiger partial charge in [0.1, 0.15) is 17.8 Å². The van der Waals surface area contributed by atoms with Gasteiger partial charge in [-0.05, 0) is 38.3 Å². The van der Waals surface area contributed by atoms with E-state index in [1.807, 2.05) is 4.90 Å². The molecule has 0 aliphatic carbocycles. The Morgan fingerprint density at radius 3 is 2.55 bits per heavy atom. The van der Waals surface area contributed by atoms with Crippen LogP contribution in [0.25, 0.3) is 11.3 Å². The number of amides is 5. The summed E-state index contributed by atoms with van der Waals surface area (Å²) in [6.07, 6.45) is 3.80. The van der Waals surface area contributed by atoms with Crippen molar-refractivity contribution in [3.05, 3.63) is 35.5 Å². The molecule has 170 valence electrons. The van der Waals surface area contributed by atoms with Crippen LogP contribution in [-0.4, -0.2) is 73.5 Å². The Balaban J connectivity index is 1.38. The number of hydrogen-bond donors (Lipinski definition) is 1. The lowest BCUT2D eigenvalue weighted by Gasteiger charge is -2.27. The standard InChI is InChI=1S/C22H22N6O5/c1-12(20(31)26-8-2-3-9-26)27-11-16(24-25-27)13-4-5-14-15(10-13)22(33)28(21(14)32)17-6-7-18(29)23-19(17)30/h4-5,10-12,17H,2-3,6-9H2,1H3,(H,23,29,30). The second-order valence-electron chi connectivity index (χ2n) is 8.50. The van der Waals surface area contributed by atoms with Gasteiger partial charge < -0.3 is 4.90 Å². The fraction of sp³-hybridized carbons (Fsp3) is 0.409. The van der Waals surface area contributed by atoms with Crippen molar-refractivity contribution >= 4 is 29.5 Å². The van der Waals surface area contributed by atoms with Crippen molar-refractivity contribution in [2.75, 3.05) is 13.1 Å². The molecule has 2 saturated heterocycles. The van der Waals surface area contributed by atoms with E-state index < -0.39 is 35.7 Å². The third-order valence-corrected chi connectivity index (χ3v) is 6.42. The zero-order chi connectivity index (χ0) is 23.3. The molecule has 2 atom stereocenters. The second-order valence-corrected chi connectivity index (χ2v) is 8.50. The van der Waals surface area contributed by atoms with E-state index in [2.05, 4.69) is 15.6 Å². The third kappa shape index (κ3) is 3.49. The molecule has 0 spiro atoms. The van der Waals surface area contributed by atoms with E-state index in [4.69, 9.17) is 0 Å². The van der Waals surface area contributed by atoms with Gasteiger partial charge in [-0.25, -0.2) is 4.68 Å². The van der Waals surface area contributed by atoms with Crippen molar-refractivity contribution in [3.8, 4) is 11.3 Å². The topological polar surface area (TPSA) is 135 Å². The largest absolute Gasteiger partial charge is 0.341 e. The summed E-state index contributed by atoms with van der Waals surface area (Å²) in [4.78, 5) is 64.9. The van der Waals surface area contributed by atoms with E-state index in [0.29, 0.717) is 11.3 Å². The first-order valence-corrected chi connectivity index (χ1v) is 10.9. The number of benzene rings is 1. The Kier molecular flexibility index (Phi) is 5.03. The first-order chi connectivity index (χ1) is 15.8.